The summed E-state index contributed by atoms with van der Waals surface area (Å²) in [6.45, 7) is 0. The maximum absolute atomic E-state index is 12.1. The van der Waals surface area contributed by atoms with Gasteiger partial charge in [0.25, 0.3) is 0 Å². The lowest BCUT2D eigenvalue weighted by atomic mass is 10.3. The molecule has 0 aliphatic rings. The molecule has 0 atom stereocenters. The lowest BCUT2D eigenvalue weighted by Gasteiger charge is -2.03. The van der Waals surface area contributed by atoms with E-state index in [0.717, 1.165) is 16.4 Å². The monoisotopic (exact) mass is 449 g/mol. The van der Waals surface area contributed by atoms with Crippen molar-refractivity contribution >= 4 is 63.5 Å². The van der Waals surface area contributed by atoms with Crippen molar-refractivity contribution in [3.8, 4) is 0 Å². The number of amides is 1. The SMILES string of the molecule is O=C(Cc1nc(CSc2nnc3c(Cl)cc(Cl)cn23)cs1)Nc1ccccc1. The van der Waals surface area contributed by atoms with Crippen LogP contribution in [0.5, 0.6) is 0 Å². The minimum atomic E-state index is -0.0903. The summed E-state index contributed by atoms with van der Waals surface area (Å²) in [6, 6.07) is 11.0. The van der Waals surface area contributed by atoms with Gasteiger partial charge in [-0.15, -0.1) is 21.5 Å². The molecular formula is C18H13Cl2N5OS2. The zero-order valence-corrected chi connectivity index (χ0v) is 17.4. The summed E-state index contributed by atoms with van der Waals surface area (Å²) in [7, 11) is 0. The molecule has 142 valence electrons. The first-order valence-corrected chi connectivity index (χ1v) is 10.8. The Balaban J connectivity index is 1.38. The molecule has 6 nitrogen and oxygen atoms in total. The van der Waals surface area contributed by atoms with Crippen LogP contribution in [0, 0.1) is 0 Å². The highest BCUT2D eigenvalue weighted by Crippen LogP contribution is 2.27. The molecule has 0 saturated heterocycles. The molecule has 0 aliphatic carbocycles. The molecule has 0 fully saturated rings. The van der Waals surface area contributed by atoms with Crippen LogP contribution in [0.2, 0.25) is 10.0 Å². The summed E-state index contributed by atoms with van der Waals surface area (Å²) in [4.78, 5) is 16.7. The van der Waals surface area contributed by atoms with Crippen molar-refractivity contribution in [2.24, 2.45) is 0 Å². The summed E-state index contributed by atoms with van der Waals surface area (Å²) in [6.07, 6.45) is 1.97. The van der Waals surface area contributed by atoms with E-state index in [1.165, 1.54) is 23.1 Å². The normalized spacial score (nSPS) is 11.1. The average molecular weight is 450 g/mol. The van der Waals surface area contributed by atoms with E-state index in [1.807, 2.05) is 35.7 Å². The number of nitrogens with one attached hydrogen (secondary N) is 1. The van der Waals surface area contributed by atoms with Gasteiger partial charge in [0.15, 0.2) is 10.8 Å². The Morgan fingerprint density at radius 2 is 2.04 bits per heavy atom. The number of anilines is 1. The van der Waals surface area contributed by atoms with Gasteiger partial charge in [-0.2, -0.15) is 0 Å². The average Bonchev–Trinajstić information content (AvgIpc) is 3.27. The first-order valence-electron chi connectivity index (χ1n) is 8.19. The van der Waals surface area contributed by atoms with E-state index in [4.69, 9.17) is 23.2 Å². The van der Waals surface area contributed by atoms with Gasteiger partial charge in [-0.1, -0.05) is 53.2 Å². The molecule has 0 bridgehead atoms. The van der Waals surface area contributed by atoms with E-state index >= 15 is 0 Å². The van der Waals surface area contributed by atoms with Gasteiger partial charge in [0, 0.05) is 23.0 Å². The highest BCUT2D eigenvalue weighted by atomic mass is 35.5. The van der Waals surface area contributed by atoms with Crippen molar-refractivity contribution in [3.63, 3.8) is 0 Å². The first kappa shape index (κ1) is 19.2. The number of carbonyl (C=O) groups excluding carboxylic acids is 1. The zero-order valence-electron chi connectivity index (χ0n) is 14.3. The van der Waals surface area contributed by atoms with Crippen LogP contribution in [0.15, 0.2) is 53.1 Å². The molecule has 1 aromatic carbocycles. The van der Waals surface area contributed by atoms with E-state index in [1.54, 1.807) is 16.7 Å². The Kier molecular flexibility index (Phi) is 5.82. The summed E-state index contributed by atoms with van der Waals surface area (Å²) in [5.74, 6) is 0.509. The Hall–Kier alpha value is -2.13. The number of benzene rings is 1. The number of nitrogens with zero attached hydrogens (tertiary/aromatic N) is 4. The molecule has 4 aromatic rings. The molecule has 1 N–H and O–H groups in total. The Morgan fingerprint density at radius 3 is 2.86 bits per heavy atom. The lowest BCUT2D eigenvalue weighted by Crippen LogP contribution is -2.14. The van der Waals surface area contributed by atoms with Crippen LogP contribution in [-0.4, -0.2) is 25.5 Å². The molecule has 0 aliphatic heterocycles. The summed E-state index contributed by atoms with van der Waals surface area (Å²) in [5.41, 5.74) is 2.21. The molecule has 0 spiro atoms. The fourth-order valence-electron chi connectivity index (χ4n) is 2.50. The second-order valence-corrected chi connectivity index (χ2v) is 8.52. The predicted octanol–water partition coefficient (Wildman–Crippen LogP) is 4.97. The molecule has 1 amide bonds. The number of aromatic nitrogens is 4. The van der Waals surface area contributed by atoms with Crippen LogP contribution in [0.4, 0.5) is 5.69 Å². The Morgan fingerprint density at radius 1 is 1.21 bits per heavy atom. The van der Waals surface area contributed by atoms with Crippen molar-refractivity contribution in [2.75, 3.05) is 5.32 Å². The fourth-order valence-corrected chi connectivity index (χ4v) is 4.71. The van der Waals surface area contributed by atoms with Crippen LogP contribution < -0.4 is 5.32 Å². The zero-order chi connectivity index (χ0) is 19.5. The van der Waals surface area contributed by atoms with Gasteiger partial charge in [-0.25, -0.2) is 4.98 Å². The van der Waals surface area contributed by atoms with Crippen molar-refractivity contribution in [3.05, 3.63) is 68.7 Å². The number of carbonyl (C=O) groups is 1. The Labute approximate surface area is 178 Å². The number of rotatable bonds is 6. The lowest BCUT2D eigenvalue weighted by molar-refractivity contribution is -0.115. The second kappa shape index (κ2) is 8.48. The third-order valence-electron chi connectivity index (χ3n) is 3.71. The number of pyridine rings is 1. The fraction of sp³-hybridized carbons (Fsp3) is 0.111. The van der Waals surface area contributed by atoms with E-state index in [2.05, 4.69) is 20.5 Å². The number of hydrogen-bond acceptors (Lipinski definition) is 6. The van der Waals surface area contributed by atoms with E-state index in [-0.39, 0.29) is 12.3 Å². The summed E-state index contributed by atoms with van der Waals surface area (Å²) < 4.78 is 1.76. The topological polar surface area (TPSA) is 72.2 Å². The highest BCUT2D eigenvalue weighted by Gasteiger charge is 2.13. The summed E-state index contributed by atoms with van der Waals surface area (Å²) >= 11 is 15.1. The molecule has 0 saturated carbocycles. The van der Waals surface area contributed by atoms with Crippen molar-refractivity contribution < 1.29 is 4.79 Å². The third-order valence-corrected chi connectivity index (χ3v) is 6.07. The van der Waals surface area contributed by atoms with Crippen molar-refractivity contribution in [1.29, 1.82) is 0 Å². The molecule has 28 heavy (non-hydrogen) atoms. The van der Waals surface area contributed by atoms with Crippen LogP contribution in [0.1, 0.15) is 10.7 Å². The van der Waals surface area contributed by atoms with E-state index in [0.29, 0.717) is 26.6 Å². The number of thioether (sulfide) groups is 1. The number of hydrogen-bond donors (Lipinski definition) is 1. The van der Waals surface area contributed by atoms with Gasteiger partial charge in [0.1, 0.15) is 5.01 Å². The van der Waals surface area contributed by atoms with Crippen LogP contribution in [0.25, 0.3) is 5.65 Å². The standard InChI is InChI=1S/C18H13Cl2N5OS2/c19-11-6-14(20)17-23-24-18(25(17)8-11)28-10-13-9-27-16(22-13)7-15(26)21-12-4-2-1-3-5-12/h1-6,8-9H,7,10H2,(H,21,26). The smallest absolute Gasteiger partial charge is 0.231 e. The highest BCUT2D eigenvalue weighted by molar-refractivity contribution is 7.98. The maximum atomic E-state index is 12.1. The molecule has 3 heterocycles. The van der Waals surface area contributed by atoms with E-state index in [9.17, 15) is 4.79 Å². The van der Waals surface area contributed by atoms with Gasteiger partial charge < -0.3 is 5.32 Å². The quantitative estimate of drug-likeness (QED) is 0.420. The maximum Gasteiger partial charge on any atom is 0.231 e. The molecule has 3 aromatic heterocycles. The van der Waals surface area contributed by atoms with Crippen molar-refractivity contribution in [2.45, 2.75) is 17.3 Å². The number of fused-ring (bicyclic) bond motifs is 1. The van der Waals surface area contributed by atoms with Crippen molar-refractivity contribution in [1.82, 2.24) is 19.6 Å². The van der Waals surface area contributed by atoms with Crippen LogP contribution in [0.3, 0.4) is 0 Å². The molecular weight excluding hydrogens is 437 g/mol. The largest absolute Gasteiger partial charge is 0.326 e. The number of thiazole rings is 1. The van der Waals surface area contributed by atoms with Crippen LogP contribution in [-0.2, 0) is 17.0 Å². The summed E-state index contributed by atoms with van der Waals surface area (Å²) in [5, 5.41) is 15.5. The minimum absolute atomic E-state index is 0.0903. The molecule has 4 rings (SSSR count). The Bertz CT molecular complexity index is 1130. The number of halogens is 2. The van der Waals surface area contributed by atoms with Gasteiger partial charge in [-0.3, -0.25) is 9.20 Å². The first-order chi connectivity index (χ1) is 13.6. The second-order valence-electron chi connectivity index (χ2n) is 5.79. The minimum Gasteiger partial charge on any atom is -0.326 e. The van der Waals surface area contributed by atoms with Gasteiger partial charge >= 0.3 is 0 Å². The van der Waals surface area contributed by atoms with Crippen LogP contribution >= 0.6 is 46.3 Å². The third kappa shape index (κ3) is 4.47. The van der Waals surface area contributed by atoms with Gasteiger partial charge in [-0.05, 0) is 18.2 Å². The number of para-hydroxylation sites is 1. The van der Waals surface area contributed by atoms with Gasteiger partial charge in [0.2, 0.25) is 5.91 Å². The van der Waals surface area contributed by atoms with Gasteiger partial charge in [0.05, 0.1) is 22.2 Å². The van der Waals surface area contributed by atoms with E-state index < -0.39 is 0 Å². The predicted molar refractivity (Wildman–Crippen MR) is 113 cm³/mol. The molecule has 0 unspecified atom stereocenters. The molecule has 0 radical (unpaired) electrons. The molecule has 10 heteroatoms.